The average molecular weight is 397 g/mol. The summed E-state index contributed by atoms with van der Waals surface area (Å²) in [4.78, 5) is 29.6. The summed E-state index contributed by atoms with van der Waals surface area (Å²) in [6.07, 6.45) is 8.78. The lowest BCUT2D eigenvalue weighted by Gasteiger charge is -2.22. The maximum Gasteiger partial charge on any atom is 0.257 e. The first-order valence-electron chi connectivity index (χ1n) is 10.5. The van der Waals surface area contributed by atoms with Crippen molar-refractivity contribution in [1.29, 1.82) is 0 Å². The second-order valence-corrected chi connectivity index (χ2v) is 9.05. The topological polar surface area (TPSA) is 49.4 Å². The van der Waals surface area contributed by atoms with Crippen LogP contribution in [0.3, 0.4) is 0 Å². The zero-order chi connectivity index (χ0) is 19.5. The van der Waals surface area contributed by atoms with Crippen LogP contribution in [0.2, 0.25) is 0 Å². The van der Waals surface area contributed by atoms with E-state index in [0.717, 1.165) is 67.7 Å². The molecule has 4 nitrogen and oxygen atoms in total. The van der Waals surface area contributed by atoms with Gasteiger partial charge in [-0.1, -0.05) is 30.5 Å². The van der Waals surface area contributed by atoms with Gasteiger partial charge < -0.3 is 10.2 Å². The zero-order valence-electron chi connectivity index (χ0n) is 16.6. The van der Waals surface area contributed by atoms with E-state index in [0.29, 0.717) is 5.56 Å². The first-order valence-corrected chi connectivity index (χ1v) is 11.3. The summed E-state index contributed by atoms with van der Waals surface area (Å²) in [6, 6.07) is 7.57. The standard InChI is InChI=1S/C23H28N2O2S/c1-16-10-12-17(13-11-16)21(26)24-22-20(18-8-4-5-9-19(18)28-22)23(27)25-14-6-2-3-7-15-25/h10-13H,2-9,14-15H2,1H3,(H,24,26). The quantitative estimate of drug-likeness (QED) is 0.775. The number of hydrogen-bond donors (Lipinski definition) is 1. The number of rotatable bonds is 3. The van der Waals surface area contributed by atoms with Crippen LogP contribution in [0.25, 0.3) is 0 Å². The predicted molar refractivity (Wildman–Crippen MR) is 114 cm³/mol. The van der Waals surface area contributed by atoms with Gasteiger partial charge in [-0.05, 0) is 63.1 Å². The lowest BCUT2D eigenvalue weighted by molar-refractivity contribution is 0.0762. The van der Waals surface area contributed by atoms with Gasteiger partial charge in [-0.3, -0.25) is 9.59 Å². The number of amides is 2. The summed E-state index contributed by atoms with van der Waals surface area (Å²) in [5, 5.41) is 3.81. The smallest absolute Gasteiger partial charge is 0.257 e. The van der Waals surface area contributed by atoms with Gasteiger partial charge in [-0.2, -0.15) is 0 Å². The van der Waals surface area contributed by atoms with Gasteiger partial charge in [-0.15, -0.1) is 11.3 Å². The van der Waals surface area contributed by atoms with E-state index in [4.69, 9.17) is 0 Å². The zero-order valence-corrected chi connectivity index (χ0v) is 17.4. The second kappa shape index (κ2) is 8.48. The Kier molecular flexibility index (Phi) is 5.81. The van der Waals surface area contributed by atoms with Gasteiger partial charge in [0.15, 0.2) is 0 Å². The molecular formula is C23H28N2O2S. The molecule has 0 atom stereocenters. The maximum absolute atomic E-state index is 13.5. The Hall–Kier alpha value is -2.14. The minimum atomic E-state index is -0.136. The molecule has 2 aromatic rings. The van der Waals surface area contributed by atoms with Crippen molar-refractivity contribution in [2.24, 2.45) is 0 Å². The number of anilines is 1. The first kappa shape index (κ1) is 19.2. The summed E-state index contributed by atoms with van der Waals surface area (Å²) in [6.45, 7) is 3.66. The number of nitrogens with zero attached hydrogens (tertiary/aromatic N) is 1. The summed E-state index contributed by atoms with van der Waals surface area (Å²) < 4.78 is 0. The van der Waals surface area contributed by atoms with Crippen LogP contribution in [0.5, 0.6) is 0 Å². The summed E-state index contributed by atoms with van der Waals surface area (Å²) >= 11 is 1.61. The molecule has 148 valence electrons. The lowest BCUT2D eigenvalue weighted by Crippen LogP contribution is -2.33. The Labute approximate surface area is 170 Å². The molecule has 1 N–H and O–H groups in total. The van der Waals surface area contributed by atoms with Gasteiger partial charge in [0.1, 0.15) is 5.00 Å². The van der Waals surface area contributed by atoms with Crippen molar-refractivity contribution in [3.05, 3.63) is 51.4 Å². The van der Waals surface area contributed by atoms with Crippen molar-refractivity contribution in [2.75, 3.05) is 18.4 Å². The van der Waals surface area contributed by atoms with Crippen LogP contribution >= 0.6 is 11.3 Å². The van der Waals surface area contributed by atoms with Crippen LogP contribution < -0.4 is 5.32 Å². The van der Waals surface area contributed by atoms with E-state index in [1.807, 2.05) is 36.1 Å². The molecule has 0 spiro atoms. The van der Waals surface area contributed by atoms with Crippen LogP contribution in [0.1, 0.15) is 75.2 Å². The number of hydrogen-bond acceptors (Lipinski definition) is 3. The molecule has 5 heteroatoms. The third-order valence-electron chi connectivity index (χ3n) is 5.82. The van der Waals surface area contributed by atoms with Crippen molar-refractivity contribution >= 4 is 28.2 Å². The fourth-order valence-corrected chi connectivity index (χ4v) is 5.47. The molecule has 1 aliphatic carbocycles. The fraction of sp³-hybridized carbons (Fsp3) is 0.478. The van der Waals surface area contributed by atoms with Crippen molar-refractivity contribution in [3.8, 4) is 0 Å². The van der Waals surface area contributed by atoms with E-state index >= 15 is 0 Å². The molecule has 1 aliphatic heterocycles. The van der Waals surface area contributed by atoms with E-state index in [1.54, 1.807) is 11.3 Å². The highest BCUT2D eigenvalue weighted by molar-refractivity contribution is 7.17. The molecule has 0 saturated carbocycles. The molecule has 1 fully saturated rings. The van der Waals surface area contributed by atoms with Crippen molar-refractivity contribution in [3.63, 3.8) is 0 Å². The molecule has 0 unspecified atom stereocenters. The Morgan fingerprint density at radius 2 is 1.61 bits per heavy atom. The van der Waals surface area contributed by atoms with Gasteiger partial charge in [-0.25, -0.2) is 0 Å². The summed E-state index contributed by atoms with van der Waals surface area (Å²) in [5.41, 5.74) is 3.71. The molecule has 1 aromatic heterocycles. The minimum Gasteiger partial charge on any atom is -0.339 e. The Morgan fingerprint density at radius 3 is 2.32 bits per heavy atom. The molecule has 28 heavy (non-hydrogen) atoms. The van der Waals surface area contributed by atoms with Crippen molar-refractivity contribution in [2.45, 2.75) is 58.3 Å². The normalized spacial score (nSPS) is 17.0. The van der Waals surface area contributed by atoms with E-state index in [-0.39, 0.29) is 11.8 Å². The Morgan fingerprint density at radius 1 is 0.929 bits per heavy atom. The molecule has 2 heterocycles. The number of aryl methyl sites for hydroxylation is 2. The van der Waals surface area contributed by atoms with E-state index in [1.165, 1.54) is 23.3 Å². The summed E-state index contributed by atoms with van der Waals surface area (Å²) in [7, 11) is 0. The number of benzene rings is 1. The van der Waals surface area contributed by atoms with E-state index < -0.39 is 0 Å². The van der Waals surface area contributed by atoms with Gasteiger partial charge in [0.25, 0.3) is 11.8 Å². The second-order valence-electron chi connectivity index (χ2n) is 7.94. The van der Waals surface area contributed by atoms with Crippen molar-refractivity contribution < 1.29 is 9.59 Å². The molecule has 1 aromatic carbocycles. The van der Waals surface area contributed by atoms with E-state index in [9.17, 15) is 9.59 Å². The number of nitrogens with one attached hydrogen (secondary N) is 1. The highest BCUT2D eigenvalue weighted by Crippen LogP contribution is 2.39. The van der Waals surface area contributed by atoms with Crippen LogP contribution in [0, 0.1) is 6.92 Å². The number of fused-ring (bicyclic) bond motifs is 1. The van der Waals surface area contributed by atoms with Crippen LogP contribution in [-0.2, 0) is 12.8 Å². The van der Waals surface area contributed by atoms with Crippen molar-refractivity contribution in [1.82, 2.24) is 4.90 Å². The lowest BCUT2D eigenvalue weighted by atomic mass is 9.95. The molecule has 4 rings (SSSR count). The minimum absolute atomic E-state index is 0.112. The third-order valence-corrected chi connectivity index (χ3v) is 7.03. The molecule has 0 bridgehead atoms. The summed E-state index contributed by atoms with van der Waals surface area (Å²) in [5.74, 6) is -0.0241. The number of likely N-dealkylation sites (tertiary alicyclic amines) is 1. The van der Waals surface area contributed by atoms with Crippen LogP contribution in [0.4, 0.5) is 5.00 Å². The monoisotopic (exact) mass is 396 g/mol. The fourth-order valence-electron chi connectivity index (χ4n) is 4.19. The molecule has 0 radical (unpaired) electrons. The first-order chi connectivity index (χ1) is 13.6. The average Bonchev–Trinajstić information content (AvgIpc) is 2.87. The Balaban J connectivity index is 1.64. The maximum atomic E-state index is 13.5. The van der Waals surface area contributed by atoms with Crippen LogP contribution in [0.15, 0.2) is 24.3 Å². The predicted octanol–water partition coefficient (Wildman–Crippen LogP) is 5.20. The van der Waals surface area contributed by atoms with Gasteiger partial charge >= 0.3 is 0 Å². The number of thiophene rings is 1. The molecule has 2 aliphatic rings. The highest BCUT2D eigenvalue weighted by atomic mass is 32.1. The third kappa shape index (κ3) is 4.00. The van der Waals surface area contributed by atoms with E-state index in [2.05, 4.69) is 5.32 Å². The number of carbonyl (C=O) groups is 2. The van der Waals surface area contributed by atoms with Crippen LogP contribution in [-0.4, -0.2) is 29.8 Å². The van der Waals surface area contributed by atoms with Gasteiger partial charge in [0.2, 0.25) is 0 Å². The number of carbonyl (C=O) groups excluding carboxylic acids is 2. The largest absolute Gasteiger partial charge is 0.339 e. The SMILES string of the molecule is Cc1ccc(C(=O)Nc2sc3c(c2C(=O)N2CCCCCC2)CCCC3)cc1. The van der Waals surface area contributed by atoms with Gasteiger partial charge in [0.05, 0.1) is 5.56 Å². The molecule has 1 saturated heterocycles. The highest BCUT2D eigenvalue weighted by Gasteiger charge is 2.29. The molecule has 2 amide bonds. The van der Waals surface area contributed by atoms with Gasteiger partial charge in [0, 0.05) is 23.5 Å². The molecular weight excluding hydrogens is 368 g/mol. The Bertz CT molecular complexity index is 861.